The number of nitrogens with one attached hydrogen (secondary N) is 2. The van der Waals surface area contributed by atoms with Crippen molar-refractivity contribution in [2.24, 2.45) is 0 Å². The van der Waals surface area contributed by atoms with Crippen molar-refractivity contribution < 1.29 is 9.53 Å². The number of nitrogens with zero attached hydrogens (tertiary/aromatic N) is 2. The van der Waals surface area contributed by atoms with E-state index in [1.165, 1.54) is 0 Å². The summed E-state index contributed by atoms with van der Waals surface area (Å²) >= 11 is 0. The fourth-order valence-corrected chi connectivity index (χ4v) is 1.63. The third-order valence-electron chi connectivity index (χ3n) is 2.58. The van der Waals surface area contributed by atoms with Gasteiger partial charge in [0.2, 0.25) is 11.9 Å². The average Bonchev–Trinajstić information content (AvgIpc) is 2.86. The number of nitrogens with two attached hydrogens (primary N) is 1. The number of aromatic amines is 1. The van der Waals surface area contributed by atoms with Gasteiger partial charge in [-0.25, -0.2) is 0 Å². The van der Waals surface area contributed by atoms with Crippen molar-refractivity contribution in [2.45, 2.75) is 13.0 Å². The van der Waals surface area contributed by atoms with Gasteiger partial charge in [-0.05, 0) is 5.56 Å². The van der Waals surface area contributed by atoms with Gasteiger partial charge in [0.1, 0.15) is 12.4 Å². The van der Waals surface area contributed by atoms with Crippen molar-refractivity contribution in [1.29, 1.82) is 0 Å². The van der Waals surface area contributed by atoms with Gasteiger partial charge in [0.05, 0.1) is 6.61 Å². The van der Waals surface area contributed by atoms with Crippen LogP contribution < -0.4 is 11.1 Å². The van der Waals surface area contributed by atoms with E-state index in [1.807, 2.05) is 30.3 Å². The quantitative estimate of drug-likeness (QED) is 0.672. The molecule has 0 aliphatic rings. The molecule has 0 saturated carbocycles. The van der Waals surface area contributed by atoms with Crippen molar-refractivity contribution in [1.82, 2.24) is 20.5 Å². The summed E-state index contributed by atoms with van der Waals surface area (Å²) in [5.41, 5.74) is 6.41. The Hall–Kier alpha value is -2.41. The first-order valence-corrected chi connectivity index (χ1v) is 6.29. The van der Waals surface area contributed by atoms with Gasteiger partial charge in [0.25, 0.3) is 0 Å². The van der Waals surface area contributed by atoms with Gasteiger partial charge in [0.15, 0.2) is 0 Å². The number of carbonyl (C=O) groups is 1. The third-order valence-corrected chi connectivity index (χ3v) is 2.58. The van der Waals surface area contributed by atoms with Crippen LogP contribution in [-0.2, 0) is 22.6 Å². The second kappa shape index (κ2) is 7.25. The minimum atomic E-state index is -0.159. The number of hydrogen-bond donors (Lipinski definition) is 3. The van der Waals surface area contributed by atoms with E-state index in [4.69, 9.17) is 10.5 Å². The number of H-pyrrole nitrogens is 1. The molecule has 2 aromatic rings. The molecule has 2 rings (SSSR count). The van der Waals surface area contributed by atoms with Gasteiger partial charge < -0.3 is 15.8 Å². The lowest BCUT2D eigenvalue weighted by Crippen LogP contribution is -2.29. The van der Waals surface area contributed by atoms with E-state index in [0.717, 1.165) is 5.56 Å². The predicted molar refractivity (Wildman–Crippen MR) is 73.6 cm³/mol. The third kappa shape index (κ3) is 4.69. The highest BCUT2D eigenvalue weighted by atomic mass is 16.5. The number of anilines is 1. The number of rotatable bonds is 7. The van der Waals surface area contributed by atoms with E-state index in [2.05, 4.69) is 20.5 Å². The molecule has 0 unspecified atom stereocenters. The first-order valence-electron chi connectivity index (χ1n) is 6.29. The first-order chi connectivity index (χ1) is 9.74. The van der Waals surface area contributed by atoms with E-state index in [-0.39, 0.29) is 18.5 Å². The summed E-state index contributed by atoms with van der Waals surface area (Å²) in [7, 11) is 0. The molecule has 7 heteroatoms. The molecular formula is C13H17N5O2. The molecule has 106 valence electrons. The van der Waals surface area contributed by atoms with Crippen molar-refractivity contribution in [3.05, 3.63) is 41.7 Å². The molecule has 20 heavy (non-hydrogen) atoms. The molecule has 1 heterocycles. The first kappa shape index (κ1) is 14.0. The number of ether oxygens (including phenoxy) is 1. The monoisotopic (exact) mass is 275 g/mol. The SMILES string of the molecule is Nc1n[nH]c(CCNC(=O)COCc2ccccc2)n1. The van der Waals surface area contributed by atoms with Crippen LogP contribution in [0.5, 0.6) is 0 Å². The van der Waals surface area contributed by atoms with E-state index >= 15 is 0 Å². The highest BCUT2D eigenvalue weighted by molar-refractivity contribution is 5.77. The Morgan fingerprint density at radius 3 is 2.85 bits per heavy atom. The Balaban J connectivity index is 1.59. The van der Waals surface area contributed by atoms with Crippen LogP contribution in [0.2, 0.25) is 0 Å². The van der Waals surface area contributed by atoms with E-state index < -0.39 is 0 Å². The molecule has 0 radical (unpaired) electrons. The minimum Gasteiger partial charge on any atom is -0.367 e. The number of aromatic nitrogens is 3. The zero-order valence-corrected chi connectivity index (χ0v) is 11.0. The number of amides is 1. The molecule has 7 nitrogen and oxygen atoms in total. The fourth-order valence-electron chi connectivity index (χ4n) is 1.63. The van der Waals surface area contributed by atoms with Gasteiger partial charge in [-0.1, -0.05) is 30.3 Å². The molecular weight excluding hydrogens is 258 g/mol. The molecule has 0 aliphatic carbocycles. The zero-order chi connectivity index (χ0) is 14.2. The topological polar surface area (TPSA) is 106 Å². The minimum absolute atomic E-state index is 0.0352. The Kier molecular flexibility index (Phi) is 5.08. The van der Waals surface area contributed by atoms with Gasteiger partial charge in [0, 0.05) is 13.0 Å². The van der Waals surface area contributed by atoms with E-state index in [1.54, 1.807) is 0 Å². The Morgan fingerprint density at radius 2 is 2.15 bits per heavy atom. The summed E-state index contributed by atoms with van der Waals surface area (Å²) in [4.78, 5) is 15.5. The second-order valence-corrected chi connectivity index (χ2v) is 4.22. The molecule has 0 atom stereocenters. The van der Waals surface area contributed by atoms with Crippen molar-refractivity contribution in [3.8, 4) is 0 Å². The van der Waals surface area contributed by atoms with Crippen molar-refractivity contribution in [2.75, 3.05) is 18.9 Å². The number of nitrogen functional groups attached to an aromatic ring is 1. The number of hydrogen-bond acceptors (Lipinski definition) is 5. The normalized spacial score (nSPS) is 10.4. The Labute approximate surface area is 116 Å². The standard InChI is InChI=1S/C13H17N5O2/c14-13-16-11(17-18-13)6-7-15-12(19)9-20-8-10-4-2-1-3-5-10/h1-5H,6-9H2,(H,15,19)(H3,14,16,17,18). The Bertz CT molecular complexity index is 541. The zero-order valence-electron chi connectivity index (χ0n) is 11.0. The molecule has 0 spiro atoms. The molecule has 0 aliphatic heterocycles. The Morgan fingerprint density at radius 1 is 1.35 bits per heavy atom. The molecule has 1 aromatic heterocycles. The number of carbonyl (C=O) groups excluding carboxylic acids is 1. The van der Waals surface area contributed by atoms with Crippen LogP contribution in [0, 0.1) is 0 Å². The molecule has 4 N–H and O–H groups in total. The summed E-state index contributed by atoms with van der Waals surface area (Å²) in [5, 5.41) is 9.11. The summed E-state index contributed by atoms with van der Waals surface area (Å²) in [6.07, 6.45) is 0.550. The van der Waals surface area contributed by atoms with Crippen LogP contribution in [0.3, 0.4) is 0 Å². The summed E-state index contributed by atoms with van der Waals surface area (Å²) in [6, 6.07) is 9.70. The fraction of sp³-hybridized carbons (Fsp3) is 0.308. The summed E-state index contributed by atoms with van der Waals surface area (Å²) < 4.78 is 5.32. The van der Waals surface area contributed by atoms with Crippen LogP contribution in [0.15, 0.2) is 30.3 Å². The lowest BCUT2D eigenvalue weighted by molar-refractivity contribution is -0.126. The summed E-state index contributed by atoms with van der Waals surface area (Å²) in [6.45, 7) is 0.919. The van der Waals surface area contributed by atoms with Crippen LogP contribution in [0.25, 0.3) is 0 Å². The molecule has 1 amide bonds. The van der Waals surface area contributed by atoms with Gasteiger partial charge >= 0.3 is 0 Å². The maximum absolute atomic E-state index is 11.5. The van der Waals surface area contributed by atoms with Gasteiger partial charge in [-0.2, -0.15) is 4.98 Å². The maximum Gasteiger partial charge on any atom is 0.246 e. The van der Waals surface area contributed by atoms with Gasteiger partial charge in [-0.15, -0.1) is 5.10 Å². The average molecular weight is 275 g/mol. The van der Waals surface area contributed by atoms with E-state index in [9.17, 15) is 4.79 Å². The summed E-state index contributed by atoms with van der Waals surface area (Å²) in [5.74, 6) is 0.693. The molecule has 1 aromatic carbocycles. The smallest absolute Gasteiger partial charge is 0.246 e. The van der Waals surface area contributed by atoms with Crippen molar-refractivity contribution >= 4 is 11.9 Å². The maximum atomic E-state index is 11.5. The molecule has 0 saturated heterocycles. The number of benzene rings is 1. The van der Waals surface area contributed by atoms with Crippen LogP contribution in [-0.4, -0.2) is 34.2 Å². The molecule has 0 fully saturated rings. The van der Waals surface area contributed by atoms with Crippen LogP contribution in [0.1, 0.15) is 11.4 Å². The van der Waals surface area contributed by atoms with E-state index in [0.29, 0.717) is 25.4 Å². The van der Waals surface area contributed by atoms with Gasteiger partial charge in [-0.3, -0.25) is 9.89 Å². The van der Waals surface area contributed by atoms with Crippen LogP contribution in [0.4, 0.5) is 5.95 Å². The lowest BCUT2D eigenvalue weighted by atomic mass is 10.2. The second-order valence-electron chi connectivity index (χ2n) is 4.22. The predicted octanol–water partition coefficient (Wildman–Crippen LogP) is 0.262. The lowest BCUT2D eigenvalue weighted by Gasteiger charge is -2.05. The highest BCUT2D eigenvalue weighted by Crippen LogP contribution is 1.99. The highest BCUT2D eigenvalue weighted by Gasteiger charge is 2.03. The molecule has 0 bridgehead atoms. The van der Waals surface area contributed by atoms with Crippen LogP contribution >= 0.6 is 0 Å². The van der Waals surface area contributed by atoms with Crippen molar-refractivity contribution in [3.63, 3.8) is 0 Å². The largest absolute Gasteiger partial charge is 0.367 e.